The molecule has 0 aliphatic carbocycles. The molecule has 11 rings (SSSR count). The fourth-order valence-electron chi connectivity index (χ4n) is 9.68. The smallest absolute Gasteiger partial charge is 0.413 e. The van der Waals surface area contributed by atoms with Crippen LogP contribution in [0, 0.1) is 0 Å². The summed E-state index contributed by atoms with van der Waals surface area (Å²) in [5.74, 6) is 1.42. The monoisotopic (exact) mass is 1420 g/mol. The first-order chi connectivity index (χ1) is 48.7. The Balaban J connectivity index is 1.54. The Morgan fingerprint density at radius 3 is 0.610 bits per heavy atom. The lowest BCUT2D eigenvalue weighted by Crippen LogP contribution is -2.12. The highest BCUT2D eigenvalue weighted by molar-refractivity contribution is 7.79. The van der Waals surface area contributed by atoms with Crippen molar-refractivity contribution in [3.63, 3.8) is 0 Å². The Morgan fingerprint density at radius 2 is 0.400 bits per heavy atom. The minimum atomic E-state index is -5.19. The topological polar surface area (TPSA) is 154 Å². The predicted octanol–water partition coefficient (Wildman–Crippen LogP) is 27.0. The highest BCUT2D eigenvalue weighted by atomic mass is 31.3. The maximum atomic E-state index is 7.76. The fraction of sp³-hybridized carbons (Fsp3) is 0. The van der Waals surface area contributed by atoms with Crippen LogP contribution in [0.15, 0.2) is 331 Å². The minimum absolute atomic E-state index is 0.139. The summed E-state index contributed by atoms with van der Waals surface area (Å²) in [4.78, 5) is 0. The van der Waals surface area contributed by atoms with Crippen molar-refractivity contribution >= 4 is 99.1 Å². The second-order valence-electron chi connectivity index (χ2n) is 21.4. The molecule has 1 heterocycles. The van der Waals surface area contributed by atoms with Gasteiger partial charge in [-0.3, -0.25) is 0 Å². The lowest BCUT2D eigenvalue weighted by molar-refractivity contribution is 0.444. The third kappa shape index (κ3) is 17.0. The minimum Gasteiger partial charge on any atom is -0.413 e. The predicted molar refractivity (Wildman–Crippen MR) is 418 cm³/mol. The van der Waals surface area contributed by atoms with E-state index in [0.29, 0.717) is 44.5 Å². The van der Waals surface area contributed by atoms with E-state index in [1.165, 1.54) is 0 Å². The third-order valence-electron chi connectivity index (χ3n) is 14.5. The van der Waals surface area contributed by atoms with Crippen molar-refractivity contribution in [1.29, 1.82) is 0 Å². The summed E-state index contributed by atoms with van der Waals surface area (Å²) in [6.07, 6.45) is 16.5. The highest BCUT2D eigenvalue weighted by Gasteiger charge is 2.51. The van der Waals surface area contributed by atoms with E-state index in [-0.39, 0.29) is 57.5 Å². The lowest BCUT2D eigenvalue weighted by Gasteiger charge is -2.33. The first-order valence-corrected chi connectivity index (χ1v) is 38.7. The molecule has 0 amide bonds. The normalized spacial score (nSPS) is 19.0. The van der Waals surface area contributed by atoms with Crippen molar-refractivity contribution in [3.05, 3.63) is 364 Å². The first kappa shape index (κ1) is 70.1. The van der Waals surface area contributed by atoms with Gasteiger partial charge in [0, 0.05) is 27.8 Å². The molecule has 10 aromatic carbocycles. The number of hydrogen-bond acceptors (Lipinski definition) is 15. The van der Waals surface area contributed by atoms with Gasteiger partial charge >= 0.3 is 38.3 Å². The van der Waals surface area contributed by atoms with E-state index >= 15 is 0 Å². The molecule has 0 saturated heterocycles. The second-order valence-corrected chi connectivity index (χ2v) is 31.7. The van der Waals surface area contributed by atoms with Crippen LogP contribution in [0.4, 0.5) is 0 Å². The summed E-state index contributed by atoms with van der Waals surface area (Å²) in [6, 6.07) is 70.9. The van der Waals surface area contributed by atoms with Crippen LogP contribution in [0.1, 0.15) is 55.6 Å². The molecule has 0 bridgehead atoms. The largest absolute Gasteiger partial charge is 0.460 e. The molecule has 0 N–H and O–H groups in total. The molecule has 1 aliphatic rings. The third-order valence-corrected chi connectivity index (χ3v) is 28.0. The Hall–Kier alpha value is -11.3. The summed E-state index contributed by atoms with van der Waals surface area (Å²) >= 11 is 0. The molecule has 5 unspecified atom stereocenters. The van der Waals surface area contributed by atoms with Crippen LogP contribution in [-0.4, -0.2) is 0 Å². The molecule has 0 fully saturated rings. The average molecular weight is 1420 g/mol. The van der Waals surface area contributed by atoms with Gasteiger partial charge in [-0.1, -0.05) is 301 Å². The number of rotatable bonds is 30. The molecule has 100 heavy (non-hydrogen) atoms. The van der Waals surface area contributed by atoms with Crippen molar-refractivity contribution in [2.75, 3.05) is 0 Å². The SMILES string of the molecule is C=Cc1ccc(OP2(Oc3ccccc3C=C)=NP(Oc3cccc(C=C)c3)(Oc3ccccc3C=C)=NP(Oc3ccc(C=C)cc3)(Oc3ccccc3C=C)=NP(Oc3cccc(C=C)c3)(Oc3ccccc3C=C)=NP(Oc3cccc(C=C)c3)(Oc3ccccc3C=C)=N2)cc1. The standard InChI is InChI=1S/C80H70N5O10P5/c1-11-61-50-54-71(55-51-61)86-96(91-76-45-26-21-37-66(76)16-6)81-98(88-73-42-31-34-63(13-3)58-73,93-78-47-28-23-39-68(78)18-8)82-97(87-72-56-52-62(12-2)53-57-72,92-77-46-27-22-38-67(77)17-7)84-100(90-75-44-33-36-65(15-5)60-75,95-80-49-30-25-41-70(80)20-10)85-99(83-96,89-74-43-32-35-64(14-4)59-74)94-79-48-29-24-40-69(79)19-9/h11-60H,1-10H2. The molecule has 0 spiro atoms. The zero-order valence-corrected chi connectivity index (χ0v) is 59.0. The molecule has 15 nitrogen and oxygen atoms in total. The van der Waals surface area contributed by atoms with Crippen molar-refractivity contribution in [2.45, 2.75) is 0 Å². The van der Waals surface area contributed by atoms with E-state index in [4.69, 9.17) is 67.8 Å². The van der Waals surface area contributed by atoms with Crippen LogP contribution in [-0.2, 0) is 0 Å². The second kappa shape index (κ2) is 32.0. The quantitative estimate of drug-likeness (QED) is 0.0397. The molecule has 500 valence electrons. The molecule has 0 aromatic heterocycles. The molecular formula is C80H70N5O10P5. The van der Waals surface area contributed by atoms with Gasteiger partial charge in [0.2, 0.25) is 0 Å². The van der Waals surface area contributed by atoms with Gasteiger partial charge in [0.05, 0.1) is 0 Å². The van der Waals surface area contributed by atoms with Crippen LogP contribution in [0.2, 0.25) is 0 Å². The summed E-state index contributed by atoms with van der Waals surface area (Å²) in [5.41, 5.74) is 5.72. The van der Waals surface area contributed by atoms with E-state index in [0.717, 1.165) is 11.1 Å². The number of nitrogens with zero attached hydrogens (tertiary/aromatic N) is 5. The molecule has 10 aromatic rings. The van der Waals surface area contributed by atoms with Crippen molar-refractivity contribution in [2.24, 2.45) is 22.6 Å². The van der Waals surface area contributed by atoms with Crippen molar-refractivity contribution in [1.82, 2.24) is 0 Å². The van der Waals surface area contributed by atoms with Crippen LogP contribution in [0.3, 0.4) is 0 Å². The van der Waals surface area contributed by atoms with Crippen molar-refractivity contribution in [3.8, 4) is 57.5 Å². The van der Waals surface area contributed by atoms with Crippen LogP contribution < -0.4 is 45.2 Å². The van der Waals surface area contributed by atoms with Gasteiger partial charge in [-0.15, -0.1) is 0 Å². The van der Waals surface area contributed by atoms with Crippen LogP contribution in [0.25, 0.3) is 60.8 Å². The van der Waals surface area contributed by atoms with Crippen LogP contribution >= 0.6 is 38.3 Å². The summed E-state index contributed by atoms with van der Waals surface area (Å²) in [5, 5.41) is 0. The average Bonchev–Trinajstić information content (AvgIpc) is 0.727. The summed E-state index contributed by atoms with van der Waals surface area (Å²) < 4.78 is 107. The molecule has 20 heteroatoms. The summed E-state index contributed by atoms with van der Waals surface area (Å²) in [7, 11) is -25.9. The van der Waals surface area contributed by atoms with E-state index in [9.17, 15) is 0 Å². The van der Waals surface area contributed by atoms with Gasteiger partial charge in [-0.05, 0) is 119 Å². The molecule has 0 radical (unpaired) electrons. The van der Waals surface area contributed by atoms with Crippen molar-refractivity contribution < 1.29 is 45.2 Å². The van der Waals surface area contributed by atoms with Gasteiger partial charge in [0.1, 0.15) is 57.5 Å². The zero-order chi connectivity index (χ0) is 70.0. The Kier molecular flexibility index (Phi) is 22.4. The number of para-hydroxylation sites is 5. The number of hydrogen-bond donors (Lipinski definition) is 0. The van der Waals surface area contributed by atoms with E-state index in [2.05, 4.69) is 65.8 Å². The molecule has 1 aliphatic heterocycles. The van der Waals surface area contributed by atoms with E-state index < -0.39 is 38.3 Å². The van der Waals surface area contributed by atoms with E-state index in [1.807, 2.05) is 48.5 Å². The van der Waals surface area contributed by atoms with Gasteiger partial charge in [0.25, 0.3) is 0 Å². The van der Waals surface area contributed by atoms with Gasteiger partial charge in [-0.2, -0.15) is 0 Å². The maximum absolute atomic E-state index is 7.76. The molecular weight excluding hydrogens is 1350 g/mol. The van der Waals surface area contributed by atoms with Gasteiger partial charge < -0.3 is 45.2 Å². The Labute approximate surface area is 585 Å². The van der Waals surface area contributed by atoms with E-state index in [1.54, 1.807) is 255 Å². The fourth-order valence-corrected chi connectivity index (χ4v) is 24.9. The van der Waals surface area contributed by atoms with Gasteiger partial charge in [-0.25, -0.2) is 0 Å². The van der Waals surface area contributed by atoms with Gasteiger partial charge in [0.15, 0.2) is 0 Å². The highest BCUT2D eigenvalue weighted by Crippen LogP contribution is 2.80. The number of benzene rings is 10. The zero-order valence-electron chi connectivity index (χ0n) is 54.5. The summed E-state index contributed by atoms with van der Waals surface area (Å²) in [6.45, 7) is 41.7. The first-order valence-electron chi connectivity index (χ1n) is 31.1. The Bertz CT molecular complexity index is 4910. The molecule has 5 atom stereocenters. The lowest BCUT2D eigenvalue weighted by atomic mass is 10.2. The Morgan fingerprint density at radius 1 is 0.190 bits per heavy atom. The molecule has 0 saturated carbocycles. The maximum Gasteiger partial charge on any atom is 0.460 e. The van der Waals surface area contributed by atoms with Crippen LogP contribution in [0.5, 0.6) is 57.5 Å².